The van der Waals surface area contributed by atoms with Gasteiger partial charge in [0.05, 0.1) is 4.90 Å². The van der Waals surface area contributed by atoms with Gasteiger partial charge in [0.25, 0.3) is 10.0 Å². The van der Waals surface area contributed by atoms with Gasteiger partial charge < -0.3 is 5.11 Å². The second-order valence-electron chi connectivity index (χ2n) is 6.69. The van der Waals surface area contributed by atoms with Crippen LogP contribution in [0.5, 0.6) is 0 Å². The fraction of sp³-hybridized carbons (Fsp3) is 0. The average molecular weight is 467 g/mol. The molecule has 0 aliphatic rings. The molecular weight excluding hydrogens is 453 g/mol. The average Bonchev–Trinajstić information content (AvgIpc) is 3.50. The Morgan fingerprint density at radius 1 is 1.03 bits per heavy atom. The number of halogens is 1. The Kier molecular flexibility index (Phi) is 5.67. The second kappa shape index (κ2) is 8.59. The maximum absolute atomic E-state index is 13.3. The Morgan fingerprint density at radius 2 is 1.73 bits per heavy atom. The minimum atomic E-state index is -4.36. The zero-order valence-corrected chi connectivity index (χ0v) is 17.4. The van der Waals surface area contributed by atoms with Gasteiger partial charge in [-0.3, -0.25) is 9.59 Å². The van der Waals surface area contributed by atoms with Crippen LogP contribution in [0.1, 0.15) is 32.2 Å². The quantitative estimate of drug-likeness (QED) is 0.239. The summed E-state index contributed by atoms with van der Waals surface area (Å²) in [5.74, 6) is -3.03. The summed E-state index contributed by atoms with van der Waals surface area (Å²) in [5, 5.41) is 22.8. The molecular formula is C21H14FN5O5S. The number of aromatic nitrogens is 5. The third kappa shape index (κ3) is 4.32. The third-order valence-corrected chi connectivity index (χ3v) is 6.24. The predicted molar refractivity (Wildman–Crippen MR) is 112 cm³/mol. The van der Waals surface area contributed by atoms with Gasteiger partial charge in [-0.2, -0.15) is 5.21 Å². The van der Waals surface area contributed by atoms with Gasteiger partial charge >= 0.3 is 0 Å². The molecule has 0 radical (unpaired) electrons. The summed E-state index contributed by atoms with van der Waals surface area (Å²) < 4.78 is 40.5. The highest BCUT2D eigenvalue weighted by atomic mass is 32.2. The Balaban J connectivity index is 1.84. The van der Waals surface area contributed by atoms with Crippen molar-refractivity contribution >= 4 is 27.3 Å². The molecule has 2 aromatic carbocycles. The lowest BCUT2D eigenvalue weighted by Crippen LogP contribution is -2.18. The lowest BCUT2D eigenvalue weighted by Gasteiger charge is -2.10. The molecule has 2 heterocycles. The Hall–Kier alpha value is -4.45. The van der Waals surface area contributed by atoms with E-state index >= 15 is 0 Å². The molecule has 0 fully saturated rings. The summed E-state index contributed by atoms with van der Waals surface area (Å²) in [6.07, 6.45) is 1.76. The molecule has 33 heavy (non-hydrogen) atoms. The van der Waals surface area contributed by atoms with Crippen LogP contribution in [0.15, 0.2) is 77.8 Å². The van der Waals surface area contributed by atoms with Crippen LogP contribution in [0.2, 0.25) is 0 Å². The smallest absolute Gasteiger partial charge is 0.268 e. The van der Waals surface area contributed by atoms with Gasteiger partial charge in [-0.25, -0.2) is 16.8 Å². The Morgan fingerprint density at radius 3 is 2.36 bits per heavy atom. The molecule has 0 aliphatic carbocycles. The van der Waals surface area contributed by atoms with Crippen molar-refractivity contribution in [1.82, 2.24) is 24.6 Å². The molecule has 10 nitrogen and oxygen atoms in total. The van der Waals surface area contributed by atoms with Crippen molar-refractivity contribution in [2.75, 3.05) is 0 Å². The van der Waals surface area contributed by atoms with Crippen LogP contribution in [-0.2, 0) is 10.0 Å². The van der Waals surface area contributed by atoms with Crippen molar-refractivity contribution in [3.63, 3.8) is 0 Å². The van der Waals surface area contributed by atoms with Crippen LogP contribution in [-0.4, -0.2) is 49.7 Å². The van der Waals surface area contributed by atoms with Gasteiger partial charge in [-0.1, -0.05) is 30.3 Å². The number of nitrogens with zero attached hydrogens (tertiary/aromatic N) is 4. The number of hydrogen-bond donors (Lipinski definition) is 2. The summed E-state index contributed by atoms with van der Waals surface area (Å²) in [5.41, 5.74) is -0.228. The zero-order chi connectivity index (χ0) is 23.6. The number of aromatic amines is 1. The fourth-order valence-corrected chi connectivity index (χ4v) is 4.30. The predicted octanol–water partition coefficient (Wildman–Crippen LogP) is 2.39. The van der Waals surface area contributed by atoms with Gasteiger partial charge in [0.1, 0.15) is 17.3 Å². The SMILES string of the molecule is O=C(C=C(O)c1cc(C(=O)c2ccccc2)n(S(=O)(=O)c2ccc(F)cc2)c1)c1nn[nH]n1. The first-order valence-corrected chi connectivity index (χ1v) is 10.7. The van der Waals surface area contributed by atoms with Crippen LogP contribution < -0.4 is 0 Å². The number of hydrogen-bond acceptors (Lipinski definition) is 8. The third-order valence-electron chi connectivity index (χ3n) is 4.55. The van der Waals surface area contributed by atoms with E-state index in [9.17, 15) is 27.5 Å². The highest BCUT2D eigenvalue weighted by Crippen LogP contribution is 2.24. The number of nitrogens with one attached hydrogen (secondary N) is 1. The van der Waals surface area contributed by atoms with Crippen LogP contribution in [0.25, 0.3) is 5.76 Å². The number of aliphatic hydroxyl groups is 1. The topological polar surface area (TPSA) is 148 Å². The summed E-state index contributed by atoms with van der Waals surface area (Å²) in [6.45, 7) is 0. The minimum absolute atomic E-state index is 0.128. The van der Waals surface area contributed by atoms with Gasteiger partial charge in [0.15, 0.2) is 0 Å². The van der Waals surface area contributed by atoms with Crippen molar-refractivity contribution in [3.05, 3.63) is 101 Å². The molecule has 0 unspecified atom stereocenters. The number of carbonyl (C=O) groups excluding carboxylic acids is 2. The minimum Gasteiger partial charge on any atom is -0.507 e. The molecule has 12 heteroatoms. The van der Waals surface area contributed by atoms with E-state index in [2.05, 4.69) is 20.6 Å². The van der Waals surface area contributed by atoms with Crippen molar-refractivity contribution in [3.8, 4) is 0 Å². The monoisotopic (exact) mass is 467 g/mol. The number of benzene rings is 2. The number of allylic oxidation sites excluding steroid dienone is 1. The normalized spacial score (nSPS) is 12.0. The van der Waals surface area contributed by atoms with Gasteiger partial charge in [0.2, 0.25) is 17.4 Å². The molecule has 0 amide bonds. The van der Waals surface area contributed by atoms with Crippen LogP contribution in [0.3, 0.4) is 0 Å². The van der Waals surface area contributed by atoms with E-state index in [1.165, 1.54) is 12.1 Å². The Labute approximate surface area is 186 Å². The maximum atomic E-state index is 13.3. The number of tetrazole rings is 1. The number of carbonyl (C=O) groups is 2. The fourth-order valence-electron chi connectivity index (χ4n) is 2.94. The molecule has 0 atom stereocenters. The molecule has 2 N–H and O–H groups in total. The molecule has 0 saturated heterocycles. The van der Waals surface area contributed by atoms with E-state index in [1.807, 2.05) is 0 Å². The second-order valence-corrected chi connectivity index (χ2v) is 8.51. The lowest BCUT2D eigenvalue weighted by atomic mass is 10.1. The van der Waals surface area contributed by atoms with E-state index < -0.39 is 33.2 Å². The molecule has 4 rings (SSSR count). The first kappa shape index (κ1) is 21.8. The maximum Gasteiger partial charge on any atom is 0.268 e. The summed E-state index contributed by atoms with van der Waals surface area (Å²) in [7, 11) is -4.36. The number of H-pyrrole nitrogens is 1. The number of aliphatic hydroxyl groups excluding tert-OH is 1. The van der Waals surface area contributed by atoms with Crippen LogP contribution in [0, 0.1) is 5.82 Å². The Bertz CT molecular complexity index is 1460. The largest absolute Gasteiger partial charge is 0.507 e. The molecule has 0 aliphatic heterocycles. The van der Waals surface area contributed by atoms with Crippen LogP contribution in [0.4, 0.5) is 4.39 Å². The molecule has 2 aromatic heterocycles. The first-order valence-electron chi connectivity index (χ1n) is 9.29. The molecule has 0 spiro atoms. The van der Waals surface area contributed by atoms with Gasteiger partial charge in [-0.05, 0) is 35.5 Å². The van der Waals surface area contributed by atoms with Crippen molar-refractivity contribution in [2.45, 2.75) is 4.90 Å². The lowest BCUT2D eigenvalue weighted by molar-refractivity contribution is 0.102. The summed E-state index contributed by atoms with van der Waals surface area (Å²) >= 11 is 0. The highest BCUT2D eigenvalue weighted by molar-refractivity contribution is 7.90. The van der Waals surface area contributed by atoms with Crippen molar-refractivity contribution in [1.29, 1.82) is 0 Å². The summed E-state index contributed by atoms with van der Waals surface area (Å²) in [6, 6.07) is 13.1. The molecule has 166 valence electrons. The van der Waals surface area contributed by atoms with Crippen molar-refractivity contribution < 1.29 is 27.5 Å². The van der Waals surface area contributed by atoms with Gasteiger partial charge in [-0.15, -0.1) is 10.2 Å². The van der Waals surface area contributed by atoms with E-state index in [4.69, 9.17) is 0 Å². The number of ketones is 2. The first-order chi connectivity index (χ1) is 15.8. The highest BCUT2D eigenvalue weighted by Gasteiger charge is 2.26. The van der Waals surface area contributed by atoms with E-state index in [1.54, 1.807) is 18.2 Å². The van der Waals surface area contributed by atoms with Crippen molar-refractivity contribution in [2.24, 2.45) is 0 Å². The molecule has 4 aromatic rings. The molecule has 0 saturated carbocycles. The zero-order valence-electron chi connectivity index (χ0n) is 16.6. The number of rotatable bonds is 7. The van der Waals surface area contributed by atoms with Gasteiger partial charge in [0, 0.05) is 23.4 Å². The van der Waals surface area contributed by atoms with E-state index in [-0.39, 0.29) is 27.5 Å². The molecule has 0 bridgehead atoms. The van der Waals surface area contributed by atoms with E-state index in [0.717, 1.165) is 42.6 Å². The van der Waals surface area contributed by atoms with E-state index in [0.29, 0.717) is 3.97 Å². The standard InChI is InChI=1S/C21H14FN5O5S/c22-15-6-8-16(9-7-15)33(31,32)27-12-14(18(28)11-19(29)21-23-25-26-24-21)10-17(27)20(30)13-4-2-1-3-5-13/h1-12,28H,(H,23,24,25,26). The summed E-state index contributed by atoms with van der Waals surface area (Å²) in [4.78, 5) is 25.0. The van der Waals surface area contributed by atoms with Crippen LogP contribution >= 0.6 is 0 Å².